The molecule has 1 heterocycles. The summed E-state index contributed by atoms with van der Waals surface area (Å²) in [6.45, 7) is 0. The van der Waals surface area contributed by atoms with Crippen LogP contribution in [0.15, 0.2) is 18.2 Å². The minimum atomic E-state index is -4.52. The van der Waals surface area contributed by atoms with Gasteiger partial charge in [-0.1, -0.05) is 12.8 Å². The third kappa shape index (κ3) is 3.64. The van der Waals surface area contributed by atoms with E-state index in [2.05, 4.69) is 15.5 Å². The first-order valence-electron chi connectivity index (χ1n) is 11.1. The molecule has 166 valence electrons. The molecule has 1 aromatic carbocycles. The molecule has 0 unspecified atom stereocenters. The molecule has 2 bridgehead atoms. The minimum absolute atomic E-state index is 0.0714. The van der Waals surface area contributed by atoms with E-state index < -0.39 is 23.6 Å². The molecule has 0 amide bonds. The number of nitrogens with one attached hydrogen (secondary N) is 1. The van der Waals surface area contributed by atoms with Crippen LogP contribution in [-0.2, 0) is 6.18 Å². The summed E-state index contributed by atoms with van der Waals surface area (Å²) in [7, 11) is 0. The lowest BCUT2D eigenvalue weighted by molar-refractivity contribution is -0.137. The highest BCUT2D eigenvalue weighted by molar-refractivity contribution is 5.74. The zero-order valence-corrected chi connectivity index (χ0v) is 17.1. The summed E-state index contributed by atoms with van der Waals surface area (Å²) in [5.41, 5.74) is 1.95. The Morgan fingerprint density at radius 2 is 1.58 bits per heavy atom. The number of phenols is 1. The number of phenolic OH excluding ortho intramolecular Hbond substituents is 1. The van der Waals surface area contributed by atoms with Crippen molar-refractivity contribution in [2.24, 2.45) is 0 Å². The molecular weight excluding hydrogens is 407 g/mol. The lowest BCUT2D eigenvalue weighted by Gasteiger charge is -2.40. The number of hydrogen-bond donors (Lipinski definition) is 3. The standard InChI is InChI=1S/C23H26F3N3O2/c24-23(25,26)14-9-10-15(18(31)11-14)21-19-12-5-7-13(8-6-12)20(19)22(29-28-21)27-16-3-1-2-4-17(16)30/h9-13,16-17,30-31H,1-8H2,(H,27,29)/t12?,13?,16-,17-/m1/s1. The lowest BCUT2D eigenvalue weighted by atomic mass is 9.66. The summed E-state index contributed by atoms with van der Waals surface area (Å²) in [6, 6.07) is 2.96. The Kier molecular flexibility index (Phi) is 5.07. The first-order chi connectivity index (χ1) is 14.8. The van der Waals surface area contributed by atoms with Crippen molar-refractivity contribution in [2.75, 3.05) is 5.32 Å². The quantitative estimate of drug-likeness (QED) is 0.609. The Morgan fingerprint density at radius 3 is 2.23 bits per heavy atom. The van der Waals surface area contributed by atoms with Crippen molar-refractivity contribution in [3.05, 3.63) is 34.9 Å². The number of aliphatic hydroxyl groups excluding tert-OH is 1. The predicted octanol–water partition coefficient (Wildman–Crippen LogP) is 5.34. The van der Waals surface area contributed by atoms with Crippen molar-refractivity contribution in [3.8, 4) is 17.0 Å². The molecule has 31 heavy (non-hydrogen) atoms. The minimum Gasteiger partial charge on any atom is -0.507 e. The number of anilines is 1. The number of aromatic nitrogens is 2. The van der Waals surface area contributed by atoms with Crippen LogP contribution in [0.3, 0.4) is 0 Å². The van der Waals surface area contributed by atoms with Gasteiger partial charge in [0.2, 0.25) is 0 Å². The summed E-state index contributed by atoms with van der Waals surface area (Å²) < 4.78 is 39.1. The normalized spacial score (nSPS) is 27.7. The fourth-order valence-electron chi connectivity index (χ4n) is 5.63. The second kappa shape index (κ2) is 7.65. The van der Waals surface area contributed by atoms with Crippen LogP contribution in [0.5, 0.6) is 5.75 Å². The van der Waals surface area contributed by atoms with E-state index in [-0.39, 0.29) is 17.5 Å². The number of fused-ring (bicyclic) bond motifs is 2. The molecule has 3 N–H and O–H groups in total. The first-order valence-corrected chi connectivity index (χ1v) is 11.1. The summed E-state index contributed by atoms with van der Waals surface area (Å²) in [5.74, 6) is 0.819. The molecule has 2 saturated carbocycles. The van der Waals surface area contributed by atoms with E-state index in [1.165, 1.54) is 6.07 Å². The van der Waals surface area contributed by atoms with Gasteiger partial charge in [0.1, 0.15) is 11.4 Å². The molecule has 2 fully saturated rings. The number of halogens is 3. The van der Waals surface area contributed by atoms with Gasteiger partial charge >= 0.3 is 6.18 Å². The van der Waals surface area contributed by atoms with E-state index in [0.29, 0.717) is 17.4 Å². The monoisotopic (exact) mass is 433 g/mol. The van der Waals surface area contributed by atoms with E-state index >= 15 is 0 Å². The van der Waals surface area contributed by atoms with Gasteiger partial charge in [-0.25, -0.2) is 0 Å². The van der Waals surface area contributed by atoms with Gasteiger partial charge in [-0.15, -0.1) is 10.2 Å². The van der Waals surface area contributed by atoms with E-state index in [1.54, 1.807) is 0 Å². The molecule has 5 nitrogen and oxygen atoms in total. The number of alkyl halides is 3. The van der Waals surface area contributed by atoms with Gasteiger partial charge in [0.25, 0.3) is 0 Å². The van der Waals surface area contributed by atoms with Gasteiger partial charge in [0.05, 0.1) is 17.7 Å². The molecule has 1 aromatic heterocycles. The van der Waals surface area contributed by atoms with Crippen molar-refractivity contribution in [1.29, 1.82) is 0 Å². The fourth-order valence-corrected chi connectivity index (χ4v) is 5.63. The molecule has 8 heteroatoms. The van der Waals surface area contributed by atoms with E-state index in [4.69, 9.17) is 0 Å². The van der Waals surface area contributed by atoms with Crippen molar-refractivity contribution in [3.63, 3.8) is 0 Å². The smallest absolute Gasteiger partial charge is 0.416 e. The predicted molar refractivity (Wildman–Crippen MR) is 110 cm³/mol. The number of hydrogen-bond acceptors (Lipinski definition) is 5. The Hall–Kier alpha value is -2.35. The topological polar surface area (TPSA) is 78.3 Å². The molecule has 2 atom stereocenters. The summed E-state index contributed by atoms with van der Waals surface area (Å²) >= 11 is 0. The SMILES string of the molecule is Oc1cc(C(F)(F)F)ccc1-c1nnc(N[C@@H]2CCCC[C@H]2O)c2c1C1CCC2CC1. The van der Waals surface area contributed by atoms with Gasteiger partial charge in [-0.2, -0.15) is 13.2 Å². The molecule has 0 radical (unpaired) electrons. The third-order valence-electron chi connectivity index (χ3n) is 7.23. The molecule has 6 rings (SSSR count). The van der Waals surface area contributed by atoms with Crippen molar-refractivity contribution in [1.82, 2.24) is 10.2 Å². The Morgan fingerprint density at radius 1 is 0.903 bits per heavy atom. The average molecular weight is 433 g/mol. The van der Waals surface area contributed by atoms with Gasteiger partial charge in [0, 0.05) is 11.1 Å². The number of nitrogens with zero attached hydrogens (tertiary/aromatic N) is 2. The number of aromatic hydroxyl groups is 1. The maximum Gasteiger partial charge on any atom is 0.416 e. The lowest BCUT2D eigenvalue weighted by Crippen LogP contribution is -2.37. The van der Waals surface area contributed by atoms with Crippen LogP contribution >= 0.6 is 0 Å². The van der Waals surface area contributed by atoms with Gasteiger partial charge in [-0.3, -0.25) is 0 Å². The van der Waals surface area contributed by atoms with Crippen molar-refractivity contribution in [2.45, 2.75) is 81.5 Å². The van der Waals surface area contributed by atoms with E-state index in [1.807, 2.05) is 0 Å². The van der Waals surface area contributed by atoms with Crippen LogP contribution in [-0.4, -0.2) is 32.6 Å². The van der Waals surface area contributed by atoms with Crippen LogP contribution in [0.2, 0.25) is 0 Å². The molecule has 0 aliphatic heterocycles. The number of benzene rings is 1. The number of rotatable bonds is 3. The maximum atomic E-state index is 13.0. The van der Waals surface area contributed by atoms with Crippen LogP contribution in [0.1, 0.15) is 79.9 Å². The first kappa shape index (κ1) is 20.5. The molecule has 4 aliphatic carbocycles. The van der Waals surface area contributed by atoms with Gasteiger partial charge in [-0.05, 0) is 74.1 Å². The Labute approximate surface area is 178 Å². The third-order valence-corrected chi connectivity index (χ3v) is 7.23. The van der Waals surface area contributed by atoms with E-state index in [9.17, 15) is 23.4 Å². The van der Waals surface area contributed by atoms with Gasteiger partial charge < -0.3 is 15.5 Å². The van der Waals surface area contributed by atoms with Crippen molar-refractivity contribution < 1.29 is 23.4 Å². The summed E-state index contributed by atoms with van der Waals surface area (Å²) in [6.07, 6.45) is 2.85. The summed E-state index contributed by atoms with van der Waals surface area (Å²) in [4.78, 5) is 0. The van der Waals surface area contributed by atoms with Crippen molar-refractivity contribution >= 4 is 5.82 Å². The zero-order chi connectivity index (χ0) is 21.8. The maximum absolute atomic E-state index is 13.0. The summed E-state index contributed by atoms with van der Waals surface area (Å²) in [5, 5.41) is 33.1. The highest BCUT2D eigenvalue weighted by Gasteiger charge is 2.39. The fraction of sp³-hybridized carbons (Fsp3) is 0.565. The molecular formula is C23H26F3N3O2. The zero-order valence-electron chi connectivity index (χ0n) is 17.1. The molecule has 0 saturated heterocycles. The molecule has 4 aliphatic rings. The van der Waals surface area contributed by atoms with Crippen LogP contribution in [0.25, 0.3) is 11.3 Å². The highest BCUT2D eigenvalue weighted by atomic mass is 19.4. The van der Waals surface area contributed by atoms with Gasteiger partial charge in [0.15, 0.2) is 5.82 Å². The second-order valence-electron chi connectivity index (χ2n) is 9.11. The highest BCUT2D eigenvalue weighted by Crippen LogP contribution is 2.54. The van der Waals surface area contributed by atoms with E-state index in [0.717, 1.165) is 74.6 Å². The van der Waals surface area contributed by atoms with Crippen LogP contribution < -0.4 is 5.32 Å². The molecule has 2 aromatic rings. The largest absolute Gasteiger partial charge is 0.507 e. The van der Waals surface area contributed by atoms with Crippen LogP contribution in [0, 0.1) is 0 Å². The molecule has 0 spiro atoms. The van der Waals surface area contributed by atoms with Crippen LogP contribution in [0.4, 0.5) is 19.0 Å². The Balaban J connectivity index is 1.58. The second-order valence-corrected chi connectivity index (χ2v) is 9.11. The Bertz CT molecular complexity index is 987. The average Bonchev–Trinajstić information content (AvgIpc) is 2.76. The number of aliphatic hydroxyl groups is 1.